The second-order valence-corrected chi connectivity index (χ2v) is 6.66. The van der Waals surface area contributed by atoms with E-state index in [-0.39, 0.29) is 12.1 Å². The van der Waals surface area contributed by atoms with E-state index in [1.54, 1.807) is 6.07 Å². The van der Waals surface area contributed by atoms with E-state index in [9.17, 15) is 14.4 Å². The summed E-state index contributed by atoms with van der Waals surface area (Å²) in [6.07, 6.45) is -0.962. The number of carbonyl (C=O) groups excluding carboxylic acids is 3. The molecule has 0 aromatic heterocycles. The zero-order chi connectivity index (χ0) is 19.9. The molecule has 0 fully saturated rings. The number of nitrogens with one attached hydrogen (secondary N) is 2. The molecular formula is C18H26N2O6. The number of carbonyl (C=O) groups is 3. The molecule has 1 atom stereocenters. The lowest BCUT2D eigenvalue weighted by atomic mass is 10.1. The molecule has 0 radical (unpaired) electrons. The number of benzene rings is 1. The quantitative estimate of drug-likeness (QED) is 0.705. The average molecular weight is 366 g/mol. The van der Waals surface area contributed by atoms with Gasteiger partial charge in [-0.2, -0.15) is 0 Å². The highest BCUT2D eigenvalue weighted by Crippen LogP contribution is 2.22. The van der Waals surface area contributed by atoms with Crippen molar-refractivity contribution in [1.82, 2.24) is 10.6 Å². The van der Waals surface area contributed by atoms with Gasteiger partial charge in [-0.25, -0.2) is 0 Å². The largest absolute Gasteiger partial charge is 0.497 e. The van der Waals surface area contributed by atoms with Gasteiger partial charge in [0.2, 0.25) is 0 Å². The maximum atomic E-state index is 12.2. The monoisotopic (exact) mass is 366 g/mol. The molecule has 0 spiro atoms. The summed E-state index contributed by atoms with van der Waals surface area (Å²) in [4.78, 5) is 35.9. The molecule has 1 rings (SSSR count). The molecule has 0 aliphatic rings. The number of rotatable bonds is 7. The van der Waals surface area contributed by atoms with Gasteiger partial charge in [-0.15, -0.1) is 0 Å². The Kier molecular flexibility index (Phi) is 7.42. The second kappa shape index (κ2) is 9.07. The fraction of sp³-hybridized carbons (Fsp3) is 0.500. The lowest BCUT2D eigenvalue weighted by Crippen LogP contribution is -2.46. The molecule has 0 unspecified atom stereocenters. The molecule has 0 saturated carbocycles. The molecule has 0 aliphatic carbocycles. The molecule has 26 heavy (non-hydrogen) atoms. The Morgan fingerprint density at radius 1 is 1.04 bits per heavy atom. The summed E-state index contributed by atoms with van der Waals surface area (Å²) in [6.45, 7) is 6.56. The molecular weight excluding hydrogens is 340 g/mol. The highest BCUT2D eigenvalue weighted by molar-refractivity contribution is 5.97. The number of ether oxygens (including phenoxy) is 3. The van der Waals surface area contributed by atoms with Crippen molar-refractivity contribution in [2.24, 2.45) is 0 Å². The van der Waals surface area contributed by atoms with Crippen LogP contribution in [0.4, 0.5) is 0 Å². The number of methoxy groups -OCH3 is 2. The highest BCUT2D eigenvalue weighted by Gasteiger charge is 2.22. The van der Waals surface area contributed by atoms with Crippen LogP contribution >= 0.6 is 0 Å². The van der Waals surface area contributed by atoms with Crippen LogP contribution in [-0.4, -0.2) is 50.2 Å². The van der Waals surface area contributed by atoms with E-state index in [1.165, 1.54) is 33.3 Å². The maximum Gasteiger partial charge on any atom is 0.326 e. The Balaban J connectivity index is 2.59. The van der Waals surface area contributed by atoms with Crippen molar-refractivity contribution in [3.8, 4) is 11.5 Å². The molecule has 0 aliphatic heterocycles. The zero-order valence-corrected chi connectivity index (χ0v) is 16.0. The van der Waals surface area contributed by atoms with Crippen LogP contribution < -0.4 is 20.1 Å². The summed E-state index contributed by atoms with van der Waals surface area (Å²) in [7, 11) is 2.94. The number of esters is 1. The lowest BCUT2D eigenvalue weighted by Gasteiger charge is -2.23. The third kappa shape index (κ3) is 7.00. The van der Waals surface area contributed by atoms with E-state index in [0.29, 0.717) is 11.5 Å². The Bertz CT molecular complexity index is 644. The van der Waals surface area contributed by atoms with Gasteiger partial charge in [-0.05, 0) is 39.8 Å². The normalized spacial score (nSPS) is 11.9. The summed E-state index contributed by atoms with van der Waals surface area (Å²) in [5.74, 6) is -0.723. The van der Waals surface area contributed by atoms with E-state index in [1.807, 2.05) is 20.8 Å². The van der Waals surface area contributed by atoms with E-state index in [0.717, 1.165) is 0 Å². The van der Waals surface area contributed by atoms with Crippen LogP contribution in [0.1, 0.15) is 38.1 Å². The third-order valence-corrected chi connectivity index (χ3v) is 3.18. The third-order valence-electron chi connectivity index (χ3n) is 3.18. The number of hydrogen-bond acceptors (Lipinski definition) is 6. The van der Waals surface area contributed by atoms with Crippen LogP contribution in [0.15, 0.2) is 18.2 Å². The van der Waals surface area contributed by atoms with Gasteiger partial charge in [0.25, 0.3) is 11.8 Å². The fourth-order valence-corrected chi connectivity index (χ4v) is 1.96. The van der Waals surface area contributed by atoms with Crippen molar-refractivity contribution >= 4 is 17.8 Å². The number of amides is 2. The maximum absolute atomic E-state index is 12.2. The van der Waals surface area contributed by atoms with Gasteiger partial charge < -0.3 is 24.8 Å². The van der Waals surface area contributed by atoms with Gasteiger partial charge in [0.1, 0.15) is 18.0 Å². The van der Waals surface area contributed by atoms with Crippen LogP contribution in [0.25, 0.3) is 0 Å². The van der Waals surface area contributed by atoms with Crippen molar-refractivity contribution in [2.75, 3.05) is 20.8 Å². The summed E-state index contributed by atoms with van der Waals surface area (Å²) < 4.78 is 15.2. The first kappa shape index (κ1) is 21.3. The van der Waals surface area contributed by atoms with Crippen molar-refractivity contribution in [3.63, 3.8) is 0 Å². The summed E-state index contributed by atoms with van der Waals surface area (Å²) in [5.41, 5.74) is -0.162. The van der Waals surface area contributed by atoms with E-state index in [4.69, 9.17) is 14.2 Å². The van der Waals surface area contributed by atoms with E-state index < -0.39 is 29.4 Å². The minimum atomic E-state index is -0.962. The molecule has 1 aromatic rings. The smallest absolute Gasteiger partial charge is 0.326 e. The summed E-state index contributed by atoms with van der Waals surface area (Å²) >= 11 is 0. The Morgan fingerprint density at radius 3 is 2.04 bits per heavy atom. The molecule has 0 heterocycles. The summed E-state index contributed by atoms with van der Waals surface area (Å²) in [5, 5.41) is 5.15. The van der Waals surface area contributed by atoms with E-state index in [2.05, 4.69) is 10.6 Å². The van der Waals surface area contributed by atoms with E-state index >= 15 is 0 Å². The first-order valence-corrected chi connectivity index (χ1v) is 8.08. The minimum Gasteiger partial charge on any atom is -0.497 e. The lowest BCUT2D eigenvalue weighted by molar-refractivity contribution is -0.154. The molecule has 8 heteroatoms. The molecule has 1 aromatic carbocycles. The first-order valence-electron chi connectivity index (χ1n) is 8.08. The predicted molar refractivity (Wildman–Crippen MR) is 95.3 cm³/mol. The Morgan fingerprint density at radius 2 is 1.58 bits per heavy atom. The van der Waals surface area contributed by atoms with Gasteiger partial charge in [0, 0.05) is 17.2 Å². The molecule has 0 saturated heterocycles. The van der Waals surface area contributed by atoms with Gasteiger partial charge in [-0.3, -0.25) is 14.4 Å². The average Bonchev–Trinajstić information content (AvgIpc) is 2.57. The van der Waals surface area contributed by atoms with Gasteiger partial charge >= 0.3 is 5.97 Å². The van der Waals surface area contributed by atoms with Gasteiger partial charge in [0.15, 0.2) is 6.10 Å². The fourth-order valence-electron chi connectivity index (χ4n) is 1.96. The Labute approximate surface area is 153 Å². The molecule has 2 N–H and O–H groups in total. The van der Waals surface area contributed by atoms with Crippen molar-refractivity contribution < 1.29 is 28.6 Å². The molecule has 144 valence electrons. The van der Waals surface area contributed by atoms with Crippen molar-refractivity contribution in [2.45, 2.75) is 39.3 Å². The van der Waals surface area contributed by atoms with Crippen LogP contribution in [0.2, 0.25) is 0 Å². The number of hydrogen-bond donors (Lipinski definition) is 2. The van der Waals surface area contributed by atoms with Crippen LogP contribution in [-0.2, 0) is 14.3 Å². The standard InChI is InChI=1S/C18H26N2O6/c1-11(16(22)20-18(2,3)4)26-15(21)10-19-17(23)12-7-13(24-5)9-14(8-12)25-6/h7-9,11H,10H2,1-6H3,(H,19,23)(H,20,22)/t11-/m1/s1. The topological polar surface area (TPSA) is 103 Å². The molecule has 8 nitrogen and oxygen atoms in total. The summed E-state index contributed by atoms with van der Waals surface area (Å²) in [6, 6.07) is 4.66. The minimum absolute atomic E-state index is 0.271. The second-order valence-electron chi connectivity index (χ2n) is 6.66. The SMILES string of the molecule is COc1cc(OC)cc(C(=O)NCC(=O)O[C@H](C)C(=O)NC(C)(C)C)c1. The van der Waals surface area contributed by atoms with Crippen LogP contribution in [0.3, 0.4) is 0 Å². The highest BCUT2D eigenvalue weighted by atomic mass is 16.5. The van der Waals surface area contributed by atoms with Gasteiger partial charge in [-0.1, -0.05) is 0 Å². The van der Waals surface area contributed by atoms with Gasteiger partial charge in [0.05, 0.1) is 14.2 Å². The first-order chi connectivity index (χ1) is 12.1. The zero-order valence-electron chi connectivity index (χ0n) is 16.0. The van der Waals surface area contributed by atoms with Crippen LogP contribution in [0, 0.1) is 0 Å². The predicted octanol–water partition coefficient (Wildman–Crippen LogP) is 1.28. The van der Waals surface area contributed by atoms with Crippen molar-refractivity contribution in [1.29, 1.82) is 0 Å². The Hall–Kier alpha value is -2.77. The molecule has 0 bridgehead atoms. The molecule has 2 amide bonds. The van der Waals surface area contributed by atoms with Crippen molar-refractivity contribution in [3.05, 3.63) is 23.8 Å². The van der Waals surface area contributed by atoms with Crippen LogP contribution in [0.5, 0.6) is 11.5 Å².